The number of aliphatic hydroxyl groups excluding tert-OH is 6. The van der Waals surface area contributed by atoms with Gasteiger partial charge in [0.05, 0.1) is 59.8 Å². The van der Waals surface area contributed by atoms with Crippen molar-refractivity contribution in [2.75, 3.05) is 51.5 Å². The number of aliphatic hydroxyl groups is 6. The zero-order valence-electron chi connectivity index (χ0n) is 80.4. The molecule has 7 heterocycles. The van der Waals surface area contributed by atoms with Crippen LogP contribution in [0.15, 0.2) is 97.1 Å². The number of nitrogens with one attached hydrogen (secondary N) is 10. The molecule has 28 N–H and O–H groups in total. The molecule has 0 spiro atoms. The lowest BCUT2D eigenvalue weighted by molar-refractivity contribution is -0.334. The van der Waals surface area contributed by atoms with Crippen LogP contribution in [-0.4, -0.2) is 275 Å². The van der Waals surface area contributed by atoms with Crippen LogP contribution in [0.5, 0.6) is 46.0 Å². The van der Waals surface area contributed by atoms with E-state index in [9.17, 15) is 118 Å². The van der Waals surface area contributed by atoms with Gasteiger partial charge in [0.25, 0.3) is 0 Å². The average molecular weight is 2160 g/mol. The molecule has 18 atom stereocenters. The summed E-state index contributed by atoms with van der Waals surface area (Å²) in [6.07, 6.45) is -16.8. The summed E-state index contributed by atoms with van der Waals surface area (Å²) in [5.41, 5.74) is 0.586. The van der Waals surface area contributed by atoms with E-state index < -0.39 is 325 Å². The van der Waals surface area contributed by atoms with Gasteiger partial charge in [-0.3, -0.25) is 52.6 Å². The molecular formula is C93H123Cl2N12O37P3. The number of primary amides is 1. The highest BCUT2D eigenvalue weighted by molar-refractivity contribution is 7.70. The minimum atomic E-state index is -5.21. The van der Waals surface area contributed by atoms with Gasteiger partial charge in [-0.2, -0.15) is 0 Å². The molecule has 13 rings (SSSR count). The smallest absolute Gasteiger partial charge is 0.411 e. The molecule has 0 unspecified atom stereocenters. The highest BCUT2D eigenvalue weighted by atomic mass is 35.5. The van der Waals surface area contributed by atoms with Gasteiger partial charge in [0.15, 0.2) is 35.3 Å². The van der Waals surface area contributed by atoms with Gasteiger partial charge in [0.1, 0.15) is 96.1 Å². The summed E-state index contributed by atoms with van der Waals surface area (Å²) in [6, 6.07) is 2.74. The first-order valence-corrected chi connectivity index (χ1v) is 53.0. The number of benzene rings is 6. The fourth-order valence-corrected chi connectivity index (χ4v) is 20.9. The predicted octanol–water partition coefficient (Wildman–Crippen LogP) is 4.75. The van der Waals surface area contributed by atoms with Gasteiger partial charge in [-0.25, -0.2) is 14.4 Å². The first kappa shape index (κ1) is 116. The zero-order valence-corrected chi connectivity index (χ0v) is 84.6. The second kappa shape index (κ2) is 51.0. The summed E-state index contributed by atoms with van der Waals surface area (Å²) in [6.45, 7) is 6.25. The van der Waals surface area contributed by atoms with Crippen molar-refractivity contribution < 1.29 is 180 Å². The lowest BCUT2D eigenvalue weighted by atomic mass is 9.85. The summed E-state index contributed by atoms with van der Waals surface area (Å²) in [5, 5.41) is 142. The summed E-state index contributed by atoms with van der Waals surface area (Å²) in [7, 11) is -13.9. The molecule has 54 heteroatoms. The third kappa shape index (κ3) is 30.2. The number of unbranched alkanes of at least 4 members (excludes halogenated alkanes) is 7. The fraction of sp³-hybridized carbons (Fsp3) is 0.505. The number of hydrogen-bond donors (Lipinski definition) is 27. The molecule has 7 aliphatic rings. The summed E-state index contributed by atoms with van der Waals surface area (Å²) >= 11 is 14.4. The Balaban J connectivity index is 0.999. The number of hydrogen-bond acceptors (Lipinski definition) is 33. The van der Waals surface area contributed by atoms with Gasteiger partial charge < -0.3 is 177 Å². The maximum absolute atomic E-state index is 16.5. The Bertz CT molecular complexity index is 5890. The van der Waals surface area contributed by atoms with Crippen LogP contribution in [0.2, 0.25) is 10.0 Å². The van der Waals surface area contributed by atoms with Crippen molar-refractivity contribution in [3.8, 4) is 57.1 Å². The Morgan fingerprint density at radius 2 is 1.27 bits per heavy atom. The Hall–Kier alpha value is -11.0. The van der Waals surface area contributed by atoms with E-state index in [1.165, 1.54) is 49.2 Å². The minimum absolute atomic E-state index is 0.0478. The van der Waals surface area contributed by atoms with Gasteiger partial charge in [-0.05, 0) is 147 Å². The van der Waals surface area contributed by atoms with Gasteiger partial charge >= 0.3 is 40.9 Å². The van der Waals surface area contributed by atoms with Crippen LogP contribution in [0.1, 0.15) is 187 Å². The topological polar surface area (TPSA) is 769 Å². The highest BCUT2D eigenvalue weighted by Gasteiger charge is 2.53. The Kier molecular flexibility index (Phi) is 40.3. The van der Waals surface area contributed by atoms with Crippen molar-refractivity contribution in [3.05, 3.63) is 146 Å². The molecule has 6 aromatic rings. The standard InChI is InChI=1S/C93H123Cl2N12O37P3/c1-7-8-9-10-11-12-13-14-28-107(92(127)138-42-46-17-22-51(23-18-46)100-91(126)137-30-15-16-68(146(131,132)133)147(134,135)136)29-27-99-93(5)39-67(139-45(4)82(93)117)143-81-79(116)78(115)65(41-108)142-90(81)144-80-63-35-50-36-64(80)141-62-26-21-49(34-56(62)95)76(113)74-88(123)104-72(89(124)125)53-37-60(110)54(40-98-43-145(128,129)130)77(114)69(53)52-32-47(19-24-59(52)109)70(85(120)106-74)103-86(121)71(50)102-84(119)58(38-66(96)111)101-87(122)73(105-83(118)57(97-6)31-44(2)3)75(112)48-20-25-61(140-63)55(94)33-48/h17-26,32-37,44-45,57-58,65,67-68,70-76,78-79,81-82,90,97-99,108-110,112-117H,7-16,27-31,38-43H2,1-6H3,(H2,96,111)(H,100,126)(H,101,122)(H,102,119)(H,103,121)(H,104,123)(H,105,118)(H,106,120)(H,124,125)(H2,128,129,130)(H2,131,132,133)(H2,134,135,136)/t45-,57+,58-,65+,67-,70+,71+,72-,73+,74-,75+,76+,78+,79-,81+,82+,90-,93-/m0/s1. The predicted molar refractivity (Wildman–Crippen MR) is 520 cm³/mol. The van der Waals surface area contributed by atoms with E-state index in [0.29, 0.717) is 18.1 Å². The summed E-state index contributed by atoms with van der Waals surface area (Å²) in [4.78, 5) is 205. The van der Waals surface area contributed by atoms with Gasteiger partial charge in [-0.15, -0.1) is 0 Å². The second-order valence-corrected chi connectivity index (χ2v) is 43.3. The molecule has 2 fully saturated rings. The molecule has 147 heavy (non-hydrogen) atoms. The van der Waals surface area contributed by atoms with Crippen molar-refractivity contribution in [1.29, 1.82) is 0 Å². The number of nitrogens with zero attached hydrogens (tertiary/aromatic N) is 1. The number of fused-ring (bicyclic) bond motifs is 15. The van der Waals surface area contributed by atoms with E-state index in [-0.39, 0.29) is 68.2 Å². The number of carboxylic acids is 1. The number of aliphatic carboxylic acids is 1. The molecule has 6 aromatic carbocycles. The van der Waals surface area contributed by atoms with Crippen molar-refractivity contribution >= 4 is 111 Å². The molecule has 0 aromatic heterocycles. The van der Waals surface area contributed by atoms with Crippen LogP contribution in [-0.2, 0) is 88.9 Å². The molecule has 0 saturated carbocycles. The largest absolute Gasteiger partial charge is 0.507 e. The fourth-order valence-electron chi connectivity index (χ4n) is 17.5. The van der Waals surface area contributed by atoms with Crippen molar-refractivity contribution in [3.63, 3.8) is 0 Å². The average Bonchev–Trinajstić information content (AvgIpc) is 0.776. The van der Waals surface area contributed by atoms with Crippen LogP contribution in [0.3, 0.4) is 0 Å². The Morgan fingerprint density at radius 1 is 0.667 bits per heavy atom. The van der Waals surface area contributed by atoms with Crippen LogP contribution >= 0.6 is 46.0 Å². The number of halogens is 2. The molecule has 11 bridgehead atoms. The molecular weight excluding hydrogens is 2040 g/mol. The van der Waals surface area contributed by atoms with E-state index in [4.69, 9.17) is 66.8 Å². The molecule has 0 aliphatic carbocycles. The molecule has 0 radical (unpaired) electrons. The number of phenols is 3. The maximum atomic E-state index is 16.5. The quantitative estimate of drug-likeness (QED) is 0.0183. The lowest BCUT2D eigenvalue weighted by Gasteiger charge is -2.48. The van der Waals surface area contributed by atoms with Gasteiger partial charge in [0.2, 0.25) is 53.4 Å². The number of amides is 9. The number of aromatic hydroxyl groups is 3. The number of carbonyl (C=O) groups excluding carboxylic acids is 9. The monoisotopic (exact) mass is 2160 g/mol. The van der Waals surface area contributed by atoms with E-state index in [2.05, 4.69) is 60.1 Å². The maximum Gasteiger partial charge on any atom is 0.411 e. The molecule has 7 aliphatic heterocycles. The van der Waals surface area contributed by atoms with E-state index in [1.807, 2.05) is 0 Å². The molecule has 2 saturated heterocycles. The van der Waals surface area contributed by atoms with Crippen molar-refractivity contribution in [1.82, 2.24) is 52.8 Å². The van der Waals surface area contributed by atoms with Crippen molar-refractivity contribution in [2.45, 2.75) is 246 Å². The molecule has 49 nitrogen and oxygen atoms in total. The van der Waals surface area contributed by atoms with E-state index in [0.717, 1.165) is 106 Å². The van der Waals surface area contributed by atoms with Crippen LogP contribution < -0.4 is 73.1 Å². The molecule has 9 amide bonds. The Labute approximate surface area is 851 Å². The van der Waals surface area contributed by atoms with Gasteiger partial charge in [-0.1, -0.05) is 119 Å². The number of rotatable bonds is 39. The zero-order chi connectivity index (χ0) is 108. The van der Waals surface area contributed by atoms with Crippen LogP contribution in [0, 0.1) is 5.92 Å². The number of ether oxygens (including phenoxy) is 8. The Morgan fingerprint density at radius 3 is 1.86 bits per heavy atom. The van der Waals surface area contributed by atoms with Crippen molar-refractivity contribution in [2.24, 2.45) is 11.7 Å². The first-order chi connectivity index (χ1) is 69.3. The lowest BCUT2D eigenvalue weighted by Crippen LogP contribution is -2.66. The third-order valence-electron chi connectivity index (χ3n) is 25.3. The number of carbonyl (C=O) groups is 10. The van der Waals surface area contributed by atoms with E-state index in [1.54, 1.807) is 20.8 Å². The minimum Gasteiger partial charge on any atom is -0.507 e. The number of phenolic OH excluding ortho intramolecular Hbond substituents is 3. The second-order valence-electron chi connectivity index (χ2n) is 36.8. The highest BCUT2D eigenvalue weighted by Crippen LogP contribution is 2.62. The van der Waals surface area contributed by atoms with Crippen LogP contribution in [0.25, 0.3) is 11.1 Å². The van der Waals surface area contributed by atoms with Crippen LogP contribution in [0.4, 0.5) is 15.3 Å². The number of nitrogens with two attached hydrogens (primary N) is 1. The van der Waals surface area contributed by atoms with E-state index >= 15 is 24.0 Å². The third-order valence-corrected chi connectivity index (χ3v) is 30.4. The SMILES string of the molecule is CCCCCCCCCCN(CCN[C@@]1(C)C[C@H](O[C@H]2[C@H](Oc3c4cc5cc3Oc3ccc(cc3Cl)[C@@H](O)[C@@H](NC(=O)[C@@H](CC(C)C)NC)C(=O)N[C@@H](CC(N)=O)C(=O)N[C@H]5C(=O)N[C@H]3C(=O)N[C@H](C(=O)N[C@H](C(=O)O)c5cc(O)c(CNCP(=O)(O)O)c(O)c5-c5cc3ccc5O)[C@H](O)c3ccc(c(Cl)c3)O4)O[C@H](CO)[C@@H](O)[C@@H]2O)O[C@@H](C)[C@H]1O)C(=O)OCc1ccc(NC(=O)OCCCC(P(=O)(O)O)P(=O)(O)O)cc1. The molecule has 806 valence electrons. The number of likely N-dealkylation sites (N-methyl/N-ethyl adjacent to an activating group) is 1. The number of carboxylic acid groups (broad SMARTS) is 1. The summed E-state index contributed by atoms with van der Waals surface area (Å²) in [5.74, 6) is -17.9. The van der Waals surface area contributed by atoms with Gasteiger partial charge in [0, 0.05) is 60.5 Å². The summed E-state index contributed by atoms with van der Waals surface area (Å²) < 4.78 is 86.1. The first-order valence-electron chi connectivity index (χ1n) is 47.0. The number of anilines is 1. The normalized spacial score (nSPS) is 24.2.